The highest BCUT2D eigenvalue weighted by Crippen LogP contribution is 2.31. The van der Waals surface area contributed by atoms with Crippen LogP contribution in [0, 0.1) is 6.92 Å². The van der Waals surface area contributed by atoms with Gasteiger partial charge in [0.1, 0.15) is 4.90 Å². The molecule has 5 nitrogen and oxygen atoms in total. The van der Waals surface area contributed by atoms with Crippen molar-refractivity contribution < 1.29 is 8.42 Å². The third-order valence-corrected chi connectivity index (χ3v) is 4.74. The lowest BCUT2D eigenvalue weighted by molar-refractivity contribution is 0.598. The Bertz CT molecular complexity index is 760. The first kappa shape index (κ1) is 14.8. The molecule has 0 aromatic heterocycles. The van der Waals surface area contributed by atoms with Crippen molar-refractivity contribution in [2.45, 2.75) is 11.8 Å². The van der Waals surface area contributed by atoms with Crippen LogP contribution in [0.5, 0.6) is 0 Å². The molecule has 0 radical (unpaired) electrons. The SMILES string of the molecule is Cc1c(Br)cccc1Nc1cccc(S(N)(=O)=O)c1N. The number of para-hydroxylation sites is 1. The van der Waals surface area contributed by atoms with Crippen molar-refractivity contribution in [3.63, 3.8) is 0 Å². The number of nitrogens with one attached hydrogen (secondary N) is 1. The van der Waals surface area contributed by atoms with Crippen molar-refractivity contribution in [2.24, 2.45) is 5.14 Å². The first-order valence-electron chi connectivity index (χ1n) is 5.74. The van der Waals surface area contributed by atoms with Crippen molar-refractivity contribution in [3.8, 4) is 0 Å². The Hall–Kier alpha value is -1.57. The van der Waals surface area contributed by atoms with Gasteiger partial charge in [0.25, 0.3) is 0 Å². The molecule has 0 aliphatic carbocycles. The molecule has 5 N–H and O–H groups in total. The summed E-state index contributed by atoms with van der Waals surface area (Å²) < 4.78 is 23.8. The van der Waals surface area contributed by atoms with E-state index in [9.17, 15) is 8.42 Å². The van der Waals surface area contributed by atoms with E-state index in [4.69, 9.17) is 10.9 Å². The van der Waals surface area contributed by atoms with Crippen LogP contribution < -0.4 is 16.2 Å². The molecular formula is C13H14BrN3O2S. The second-order valence-corrected chi connectivity index (χ2v) is 6.68. The number of halogens is 1. The molecule has 0 aliphatic heterocycles. The topological polar surface area (TPSA) is 98.2 Å². The van der Waals surface area contributed by atoms with Crippen LogP contribution in [0.4, 0.5) is 17.1 Å². The largest absolute Gasteiger partial charge is 0.396 e. The minimum atomic E-state index is -3.84. The number of nitrogens with two attached hydrogens (primary N) is 2. The lowest BCUT2D eigenvalue weighted by Crippen LogP contribution is -2.15. The Morgan fingerprint density at radius 1 is 1.10 bits per heavy atom. The summed E-state index contributed by atoms with van der Waals surface area (Å²) in [6.45, 7) is 1.94. The third-order valence-electron chi connectivity index (χ3n) is 2.91. The molecule has 0 fully saturated rings. The van der Waals surface area contributed by atoms with Crippen LogP contribution in [-0.2, 0) is 10.0 Å². The highest BCUT2D eigenvalue weighted by Gasteiger charge is 2.15. The maximum atomic E-state index is 11.4. The van der Waals surface area contributed by atoms with Crippen LogP contribution in [0.3, 0.4) is 0 Å². The summed E-state index contributed by atoms with van der Waals surface area (Å²) in [7, 11) is -3.84. The number of primary sulfonamides is 1. The molecule has 0 heterocycles. The lowest BCUT2D eigenvalue weighted by atomic mass is 10.2. The molecule has 7 heteroatoms. The fraction of sp³-hybridized carbons (Fsp3) is 0.0769. The van der Waals surface area contributed by atoms with Crippen molar-refractivity contribution in [3.05, 3.63) is 46.4 Å². The van der Waals surface area contributed by atoms with E-state index >= 15 is 0 Å². The van der Waals surface area contributed by atoms with Crippen molar-refractivity contribution in [2.75, 3.05) is 11.1 Å². The number of nitrogen functional groups attached to an aromatic ring is 1. The molecule has 2 rings (SSSR count). The van der Waals surface area contributed by atoms with Crippen LogP contribution in [-0.4, -0.2) is 8.42 Å². The average molecular weight is 356 g/mol. The van der Waals surface area contributed by atoms with Crippen LogP contribution in [0.2, 0.25) is 0 Å². The molecule has 20 heavy (non-hydrogen) atoms. The Labute approximate surface area is 126 Å². The Kier molecular flexibility index (Phi) is 4.03. The summed E-state index contributed by atoms with van der Waals surface area (Å²) in [6, 6.07) is 10.3. The van der Waals surface area contributed by atoms with Gasteiger partial charge in [0.05, 0.1) is 11.4 Å². The quantitative estimate of drug-likeness (QED) is 0.737. The van der Waals surface area contributed by atoms with E-state index < -0.39 is 10.0 Å². The molecule has 0 atom stereocenters. The van der Waals surface area contributed by atoms with Crippen LogP contribution in [0.15, 0.2) is 45.8 Å². The molecular weight excluding hydrogens is 342 g/mol. The predicted octanol–water partition coefficient (Wildman–Crippen LogP) is 2.73. The molecule has 0 aliphatic rings. The van der Waals surface area contributed by atoms with Crippen molar-refractivity contribution in [1.29, 1.82) is 0 Å². The summed E-state index contributed by atoms with van der Waals surface area (Å²) in [5, 5.41) is 8.25. The Balaban J connectivity index is 2.48. The summed E-state index contributed by atoms with van der Waals surface area (Å²) in [5.74, 6) is 0. The zero-order valence-electron chi connectivity index (χ0n) is 10.7. The standard InChI is InChI=1S/C13H14BrN3O2S/c1-8-9(14)4-2-5-10(8)17-11-6-3-7-12(13(11)15)20(16,18)19/h2-7,17H,15H2,1H3,(H2,16,18,19). The van der Waals surface area contributed by atoms with Gasteiger partial charge < -0.3 is 11.1 Å². The van der Waals surface area contributed by atoms with E-state index in [1.54, 1.807) is 12.1 Å². The van der Waals surface area contributed by atoms with Crippen LogP contribution >= 0.6 is 15.9 Å². The Morgan fingerprint density at radius 3 is 2.35 bits per heavy atom. The number of benzene rings is 2. The van der Waals surface area contributed by atoms with Gasteiger partial charge in [-0.05, 0) is 36.8 Å². The molecule has 0 bridgehead atoms. The third kappa shape index (κ3) is 2.95. The van der Waals surface area contributed by atoms with Gasteiger partial charge in [0, 0.05) is 10.2 Å². The zero-order valence-corrected chi connectivity index (χ0v) is 13.1. The summed E-state index contributed by atoms with van der Waals surface area (Å²) in [4.78, 5) is -0.0878. The highest BCUT2D eigenvalue weighted by molar-refractivity contribution is 9.10. The van der Waals surface area contributed by atoms with Gasteiger partial charge in [-0.25, -0.2) is 13.6 Å². The number of rotatable bonds is 3. The van der Waals surface area contributed by atoms with Gasteiger partial charge in [-0.3, -0.25) is 0 Å². The number of hydrogen-bond acceptors (Lipinski definition) is 4. The fourth-order valence-corrected chi connectivity index (χ4v) is 2.84. The van der Waals surface area contributed by atoms with Gasteiger partial charge in [-0.15, -0.1) is 0 Å². The van der Waals surface area contributed by atoms with Gasteiger partial charge >= 0.3 is 0 Å². The molecule has 0 saturated heterocycles. The van der Waals surface area contributed by atoms with E-state index in [0.717, 1.165) is 15.7 Å². The van der Waals surface area contributed by atoms with E-state index in [0.29, 0.717) is 5.69 Å². The van der Waals surface area contributed by atoms with Crippen molar-refractivity contribution >= 4 is 43.0 Å². The minimum Gasteiger partial charge on any atom is -0.396 e. The second kappa shape index (κ2) is 5.43. The predicted molar refractivity (Wildman–Crippen MR) is 84.4 cm³/mol. The van der Waals surface area contributed by atoms with Gasteiger partial charge in [0.2, 0.25) is 10.0 Å². The van der Waals surface area contributed by atoms with Gasteiger partial charge in [0.15, 0.2) is 0 Å². The van der Waals surface area contributed by atoms with Gasteiger partial charge in [-0.2, -0.15) is 0 Å². The summed E-state index contributed by atoms with van der Waals surface area (Å²) >= 11 is 3.44. The van der Waals surface area contributed by atoms with E-state index in [1.165, 1.54) is 6.07 Å². The fourth-order valence-electron chi connectivity index (χ4n) is 1.79. The van der Waals surface area contributed by atoms with E-state index in [2.05, 4.69) is 21.2 Å². The molecule has 0 unspecified atom stereocenters. The Morgan fingerprint density at radius 2 is 1.70 bits per heavy atom. The molecule has 0 spiro atoms. The number of anilines is 3. The molecule has 2 aromatic carbocycles. The average Bonchev–Trinajstić information content (AvgIpc) is 2.36. The normalized spacial score (nSPS) is 11.3. The summed E-state index contributed by atoms with van der Waals surface area (Å²) in [6.07, 6.45) is 0. The lowest BCUT2D eigenvalue weighted by Gasteiger charge is -2.14. The van der Waals surface area contributed by atoms with Crippen LogP contribution in [0.25, 0.3) is 0 Å². The first-order chi connectivity index (χ1) is 9.30. The maximum Gasteiger partial charge on any atom is 0.240 e. The maximum absolute atomic E-state index is 11.4. The number of hydrogen-bond donors (Lipinski definition) is 3. The second-order valence-electron chi connectivity index (χ2n) is 4.30. The zero-order chi connectivity index (χ0) is 14.9. The molecule has 106 valence electrons. The number of sulfonamides is 1. The van der Waals surface area contributed by atoms with Crippen LogP contribution in [0.1, 0.15) is 5.56 Å². The van der Waals surface area contributed by atoms with E-state index in [1.807, 2.05) is 25.1 Å². The first-order valence-corrected chi connectivity index (χ1v) is 8.08. The van der Waals surface area contributed by atoms with Gasteiger partial charge in [-0.1, -0.05) is 28.1 Å². The van der Waals surface area contributed by atoms with Crippen molar-refractivity contribution in [1.82, 2.24) is 0 Å². The highest BCUT2D eigenvalue weighted by atomic mass is 79.9. The molecule has 0 saturated carbocycles. The monoisotopic (exact) mass is 355 g/mol. The smallest absolute Gasteiger partial charge is 0.240 e. The minimum absolute atomic E-state index is 0.0878. The molecule has 2 aromatic rings. The summed E-state index contributed by atoms with van der Waals surface area (Å²) in [5.41, 5.74) is 8.30. The van der Waals surface area contributed by atoms with E-state index in [-0.39, 0.29) is 10.6 Å². The molecule has 0 amide bonds.